The number of benzene rings is 1. The first-order chi connectivity index (χ1) is 6.65. The van der Waals surface area contributed by atoms with E-state index >= 15 is 0 Å². The van der Waals surface area contributed by atoms with E-state index in [1.165, 1.54) is 11.1 Å². The number of rotatable bonds is 4. The van der Waals surface area contributed by atoms with E-state index in [9.17, 15) is 0 Å². The third-order valence-electron chi connectivity index (χ3n) is 2.38. The van der Waals surface area contributed by atoms with E-state index in [0.717, 1.165) is 5.75 Å². The summed E-state index contributed by atoms with van der Waals surface area (Å²) in [6, 6.07) is 6.59. The summed E-state index contributed by atoms with van der Waals surface area (Å²) < 4.78 is 5.76. The van der Waals surface area contributed by atoms with Crippen LogP contribution in [-0.4, -0.2) is 19.7 Å². The number of hydrogen-bond donors (Lipinski definition) is 1. The van der Waals surface area contributed by atoms with Crippen LogP contribution in [0.4, 0.5) is 0 Å². The van der Waals surface area contributed by atoms with Gasteiger partial charge in [-0.3, -0.25) is 0 Å². The minimum Gasteiger partial charge on any atom is -0.491 e. The molecule has 0 bridgehead atoms. The van der Waals surface area contributed by atoms with Crippen molar-refractivity contribution in [2.45, 2.75) is 26.8 Å². The Kier molecular flexibility index (Phi) is 3.96. The standard InChI is InChI=1S/C12H19NO/c1-9-6-5-7-10(2)12(9)14-8-11(3)13-4/h5-7,11,13H,8H2,1-4H3/t11-/m1/s1. The molecule has 0 unspecified atom stereocenters. The molecule has 2 nitrogen and oxygen atoms in total. The summed E-state index contributed by atoms with van der Waals surface area (Å²) in [7, 11) is 1.94. The second kappa shape index (κ2) is 5.01. The molecule has 0 saturated carbocycles. The molecule has 0 aliphatic heterocycles. The van der Waals surface area contributed by atoms with Crippen LogP contribution in [0.15, 0.2) is 18.2 Å². The average molecular weight is 193 g/mol. The zero-order chi connectivity index (χ0) is 10.6. The van der Waals surface area contributed by atoms with Crippen LogP contribution in [0.1, 0.15) is 18.1 Å². The lowest BCUT2D eigenvalue weighted by Gasteiger charge is -2.15. The summed E-state index contributed by atoms with van der Waals surface area (Å²) in [4.78, 5) is 0. The van der Waals surface area contributed by atoms with Crippen molar-refractivity contribution in [3.8, 4) is 5.75 Å². The molecule has 0 radical (unpaired) electrons. The molecule has 1 N–H and O–H groups in total. The van der Waals surface area contributed by atoms with Crippen molar-refractivity contribution in [3.05, 3.63) is 29.3 Å². The third kappa shape index (κ3) is 2.74. The van der Waals surface area contributed by atoms with Crippen molar-refractivity contribution in [1.82, 2.24) is 5.32 Å². The van der Waals surface area contributed by atoms with Crippen molar-refractivity contribution < 1.29 is 4.74 Å². The van der Waals surface area contributed by atoms with Crippen molar-refractivity contribution in [2.24, 2.45) is 0 Å². The summed E-state index contributed by atoms with van der Waals surface area (Å²) in [6.07, 6.45) is 0. The van der Waals surface area contributed by atoms with Crippen LogP contribution in [0.3, 0.4) is 0 Å². The zero-order valence-corrected chi connectivity index (χ0v) is 9.42. The van der Waals surface area contributed by atoms with Crippen molar-refractivity contribution in [3.63, 3.8) is 0 Å². The largest absolute Gasteiger partial charge is 0.491 e. The summed E-state index contributed by atoms with van der Waals surface area (Å²) in [6.45, 7) is 6.97. The van der Waals surface area contributed by atoms with E-state index in [1.54, 1.807) is 0 Å². The topological polar surface area (TPSA) is 21.3 Å². The number of likely N-dealkylation sites (N-methyl/N-ethyl adjacent to an activating group) is 1. The highest BCUT2D eigenvalue weighted by molar-refractivity contribution is 5.39. The minimum atomic E-state index is 0.383. The molecule has 0 fully saturated rings. The van der Waals surface area contributed by atoms with E-state index in [4.69, 9.17) is 4.74 Å². The quantitative estimate of drug-likeness (QED) is 0.792. The second-order valence-corrected chi connectivity index (χ2v) is 3.72. The van der Waals surface area contributed by atoms with Gasteiger partial charge < -0.3 is 10.1 Å². The van der Waals surface area contributed by atoms with Gasteiger partial charge in [0.25, 0.3) is 0 Å². The SMILES string of the molecule is CN[C@H](C)COc1c(C)cccc1C. The fraction of sp³-hybridized carbons (Fsp3) is 0.500. The van der Waals surface area contributed by atoms with Crippen LogP contribution in [0, 0.1) is 13.8 Å². The smallest absolute Gasteiger partial charge is 0.125 e. The predicted molar refractivity (Wildman–Crippen MR) is 59.9 cm³/mol. The number of nitrogens with one attached hydrogen (secondary N) is 1. The van der Waals surface area contributed by atoms with E-state index in [2.05, 4.69) is 44.3 Å². The molecule has 78 valence electrons. The molecule has 0 aliphatic carbocycles. The predicted octanol–water partition coefficient (Wildman–Crippen LogP) is 2.29. The van der Waals surface area contributed by atoms with Crippen LogP contribution in [0.25, 0.3) is 0 Å². The molecular formula is C12H19NO. The minimum absolute atomic E-state index is 0.383. The molecule has 1 aromatic rings. The molecular weight excluding hydrogens is 174 g/mol. The molecule has 2 heteroatoms. The van der Waals surface area contributed by atoms with Gasteiger partial charge in [0, 0.05) is 6.04 Å². The van der Waals surface area contributed by atoms with Crippen LogP contribution >= 0.6 is 0 Å². The Hall–Kier alpha value is -1.02. The van der Waals surface area contributed by atoms with Crippen LogP contribution in [0.5, 0.6) is 5.75 Å². The van der Waals surface area contributed by atoms with Gasteiger partial charge in [-0.25, -0.2) is 0 Å². The van der Waals surface area contributed by atoms with Gasteiger partial charge in [-0.1, -0.05) is 18.2 Å². The lowest BCUT2D eigenvalue weighted by Crippen LogP contribution is -2.28. The summed E-state index contributed by atoms with van der Waals surface area (Å²) in [5.74, 6) is 1.02. The average Bonchev–Trinajstić information content (AvgIpc) is 2.16. The molecule has 0 aromatic heterocycles. The highest BCUT2D eigenvalue weighted by Gasteiger charge is 2.04. The zero-order valence-electron chi connectivity index (χ0n) is 9.42. The lowest BCUT2D eigenvalue weighted by molar-refractivity contribution is 0.276. The lowest BCUT2D eigenvalue weighted by atomic mass is 10.1. The first kappa shape index (κ1) is 11.1. The summed E-state index contributed by atoms with van der Waals surface area (Å²) >= 11 is 0. The molecule has 0 spiro atoms. The Morgan fingerprint density at radius 3 is 2.36 bits per heavy atom. The molecule has 1 rings (SSSR count). The van der Waals surface area contributed by atoms with Gasteiger partial charge in [-0.15, -0.1) is 0 Å². The summed E-state index contributed by atoms with van der Waals surface area (Å²) in [5.41, 5.74) is 2.40. The van der Waals surface area contributed by atoms with Crippen LogP contribution in [-0.2, 0) is 0 Å². The third-order valence-corrected chi connectivity index (χ3v) is 2.38. The summed E-state index contributed by atoms with van der Waals surface area (Å²) in [5, 5.41) is 3.15. The fourth-order valence-electron chi connectivity index (χ4n) is 1.32. The Bertz CT molecular complexity index is 276. The Labute approximate surface area is 86.3 Å². The molecule has 0 amide bonds. The molecule has 0 aliphatic rings. The maximum absolute atomic E-state index is 5.76. The first-order valence-electron chi connectivity index (χ1n) is 5.01. The number of aryl methyl sites for hydroxylation is 2. The van der Waals surface area contributed by atoms with Crippen molar-refractivity contribution in [2.75, 3.05) is 13.7 Å². The van der Waals surface area contributed by atoms with Gasteiger partial charge >= 0.3 is 0 Å². The monoisotopic (exact) mass is 193 g/mol. The second-order valence-electron chi connectivity index (χ2n) is 3.72. The maximum atomic E-state index is 5.76. The first-order valence-corrected chi connectivity index (χ1v) is 5.01. The number of hydrogen-bond acceptors (Lipinski definition) is 2. The van der Waals surface area contributed by atoms with Gasteiger partial charge in [0.1, 0.15) is 12.4 Å². The number of para-hydroxylation sites is 1. The van der Waals surface area contributed by atoms with E-state index in [1.807, 2.05) is 7.05 Å². The van der Waals surface area contributed by atoms with Crippen molar-refractivity contribution >= 4 is 0 Å². The maximum Gasteiger partial charge on any atom is 0.125 e. The molecule has 0 heterocycles. The Morgan fingerprint density at radius 2 is 1.86 bits per heavy atom. The van der Waals surface area contributed by atoms with Crippen molar-refractivity contribution in [1.29, 1.82) is 0 Å². The molecule has 1 aromatic carbocycles. The molecule has 0 saturated heterocycles. The van der Waals surface area contributed by atoms with E-state index in [0.29, 0.717) is 12.6 Å². The van der Waals surface area contributed by atoms with Crippen LogP contribution < -0.4 is 10.1 Å². The van der Waals surface area contributed by atoms with Gasteiger partial charge in [0.2, 0.25) is 0 Å². The number of ether oxygens (including phenoxy) is 1. The van der Waals surface area contributed by atoms with E-state index in [-0.39, 0.29) is 0 Å². The highest BCUT2D eigenvalue weighted by atomic mass is 16.5. The van der Waals surface area contributed by atoms with E-state index < -0.39 is 0 Å². The normalized spacial score (nSPS) is 12.6. The molecule has 1 atom stereocenters. The van der Waals surface area contributed by atoms with Crippen LogP contribution in [0.2, 0.25) is 0 Å². The highest BCUT2D eigenvalue weighted by Crippen LogP contribution is 2.22. The fourth-order valence-corrected chi connectivity index (χ4v) is 1.32. The Morgan fingerprint density at radius 1 is 1.29 bits per heavy atom. The van der Waals surface area contributed by atoms with Gasteiger partial charge in [0.05, 0.1) is 0 Å². The van der Waals surface area contributed by atoms with Gasteiger partial charge in [-0.05, 0) is 38.9 Å². The van der Waals surface area contributed by atoms with Gasteiger partial charge in [-0.2, -0.15) is 0 Å². The Balaban J connectivity index is 2.66. The van der Waals surface area contributed by atoms with Gasteiger partial charge in [0.15, 0.2) is 0 Å². The molecule has 14 heavy (non-hydrogen) atoms.